The van der Waals surface area contributed by atoms with Gasteiger partial charge in [-0.3, -0.25) is 0 Å². The van der Waals surface area contributed by atoms with Crippen molar-refractivity contribution in [2.24, 2.45) is 5.73 Å². The lowest BCUT2D eigenvalue weighted by Crippen LogP contribution is -2.04. The topological polar surface area (TPSA) is 60.3 Å². The Morgan fingerprint density at radius 3 is 2.39 bits per heavy atom. The molecule has 0 aliphatic carbocycles. The number of fused-ring (bicyclic) bond motifs is 1. The zero-order chi connectivity index (χ0) is 18.5. The number of nitrogens with two attached hydrogens (primary N) is 1. The molecule has 0 atom stereocenters. The van der Waals surface area contributed by atoms with Crippen LogP contribution in [0.2, 0.25) is 0 Å². The van der Waals surface area contributed by atoms with Gasteiger partial charge >= 0.3 is 0 Å². The van der Waals surface area contributed by atoms with Gasteiger partial charge in [0.15, 0.2) is 5.88 Å². The van der Waals surface area contributed by atoms with Crippen LogP contribution in [0.4, 0.5) is 0 Å². The predicted octanol–water partition coefficient (Wildman–Crippen LogP) is 5.46. The Hall–Kier alpha value is -2.95. The van der Waals surface area contributed by atoms with Gasteiger partial charge in [0.2, 0.25) is 0 Å². The first-order valence-electron chi connectivity index (χ1n) is 9.08. The fourth-order valence-electron chi connectivity index (χ4n) is 3.17. The molecule has 28 heavy (non-hydrogen) atoms. The van der Waals surface area contributed by atoms with E-state index in [0.29, 0.717) is 13.2 Å². The van der Waals surface area contributed by atoms with Crippen molar-refractivity contribution >= 4 is 23.3 Å². The minimum Gasteiger partial charge on any atom is -0.474 e. The van der Waals surface area contributed by atoms with Crippen LogP contribution in [-0.2, 0) is 13.0 Å². The average molecular weight is 395 g/mol. The third-order valence-electron chi connectivity index (χ3n) is 4.43. The summed E-state index contributed by atoms with van der Waals surface area (Å²) in [4.78, 5) is 3.36. The average Bonchev–Trinajstić information content (AvgIpc) is 3.06. The van der Waals surface area contributed by atoms with Crippen LogP contribution in [0, 0.1) is 0 Å². The van der Waals surface area contributed by atoms with Crippen LogP contribution in [0.15, 0.2) is 78.9 Å². The van der Waals surface area contributed by atoms with Crippen molar-refractivity contribution in [1.29, 1.82) is 0 Å². The molecule has 1 heterocycles. The van der Waals surface area contributed by atoms with Crippen LogP contribution in [0.5, 0.6) is 17.4 Å². The quantitative estimate of drug-likeness (QED) is 0.437. The molecule has 0 spiro atoms. The maximum atomic E-state index is 6.10. The number of para-hydroxylation sites is 2. The molecule has 0 fully saturated rings. The molecule has 0 aliphatic rings. The predicted molar refractivity (Wildman–Crippen MR) is 116 cm³/mol. The van der Waals surface area contributed by atoms with Gasteiger partial charge in [0.1, 0.15) is 18.1 Å². The number of aromatic nitrogens is 1. The van der Waals surface area contributed by atoms with Gasteiger partial charge in [-0.1, -0.05) is 48.5 Å². The number of H-pyrrole nitrogens is 1. The molecule has 0 amide bonds. The highest BCUT2D eigenvalue weighted by molar-refractivity contribution is 5.86. The number of rotatable bonds is 7. The minimum absolute atomic E-state index is 0. The molecular formula is C23H23ClN2O2. The molecule has 4 nitrogen and oxygen atoms in total. The Labute approximate surface area is 170 Å². The highest BCUT2D eigenvalue weighted by Crippen LogP contribution is 2.29. The molecule has 0 saturated heterocycles. The molecule has 3 aromatic carbocycles. The number of aromatic amines is 1. The third-order valence-corrected chi connectivity index (χ3v) is 4.43. The highest BCUT2D eigenvalue weighted by atomic mass is 35.5. The summed E-state index contributed by atoms with van der Waals surface area (Å²) in [7, 11) is 0. The summed E-state index contributed by atoms with van der Waals surface area (Å²) in [5.74, 6) is 2.40. The zero-order valence-corrected chi connectivity index (χ0v) is 16.2. The second-order valence-corrected chi connectivity index (χ2v) is 6.37. The highest BCUT2D eigenvalue weighted by Gasteiger charge is 2.12. The van der Waals surface area contributed by atoms with E-state index in [0.717, 1.165) is 40.4 Å². The van der Waals surface area contributed by atoms with Crippen molar-refractivity contribution in [3.05, 3.63) is 90.0 Å². The molecule has 4 rings (SSSR count). The first-order valence-corrected chi connectivity index (χ1v) is 9.08. The molecule has 3 N–H and O–H groups in total. The Bertz CT molecular complexity index is 1030. The van der Waals surface area contributed by atoms with E-state index in [2.05, 4.69) is 17.1 Å². The molecular weight excluding hydrogens is 372 g/mol. The van der Waals surface area contributed by atoms with Gasteiger partial charge in [-0.25, -0.2) is 0 Å². The SMILES string of the molecule is Cl.NCCc1c(OCc2cccc(Oc3ccccc3)c2)[nH]c2ccccc12. The Balaban J connectivity index is 0.00000225. The number of nitrogens with one attached hydrogen (secondary N) is 1. The normalized spacial score (nSPS) is 10.5. The van der Waals surface area contributed by atoms with Gasteiger partial charge in [-0.15, -0.1) is 12.4 Å². The van der Waals surface area contributed by atoms with Crippen molar-refractivity contribution < 1.29 is 9.47 Å². The number of ether oxygens (including phenoxy) is 2. The Kier molecular flexibility index (Phi) is 6.58. The zero-order valence-electron chi connectivity index (χ0n) is 15.4. The second-order valence-electron chi connectivity index (χ2n) is 6.37. The van der Waals surface area contributed by atoms with E-state index < -0.39 is 0 Å². The van der Waals surface area contributed by atoms with Crippen LogP contribution in [0.3, 0.4) is 0 Å². The summed E-state index contributed by atoms with van der Waals surface area (Å²) in [6.45, 7) is 1.04. The largest absolute Gasteiger partial charge is 0.474 e. The maximum Gasteiger partial charge on any atom is 0.195 e. The summed E-state index contributed by atoms with van der Waals surface area (Å²) in [6, 6.07) is 25.9. The second kappa shape index (κ2) is 9.31. The molecule has 0 aliphatic heterocycles. The van der Waals surface area contributed by atoms with Gasteiger partial charge in [0.05, 0.1) is 0 Å². The van der Waals surface area contributed by atoms with Gasteiger partial charge in [-0.05, 0) is 48.9 Å². The number of hydrogen-bond donors (Lipinski definition) is 2. The van der Waals surface area contributed by atoms with Gasteiger partial charge < -0.3 is 20.2 Å². The van der Waals surface area contributed by atoms with E-state index >= 15 is 0 Å². The van der Waals surface area contributed by atoms with Crippen LogP contribution in [0.25, 0.3) is 10.9 Å². The summed E-state index contributed by atoms with van der Waals surface area (Å²) in [6.07, 6.45) is 0.774. The summed E-state index contributed by atoms with van der Waals surface area (Å²) < 4.78 is 12.0. The van der Waals surface area contributed by atoms with E-state index in [1.165, 1.54) is 5.39 Å². The minimum atomic E-state index is 0. The van der Waals surface area contributed by atoms with Crippen molar-refractivity contribution in [2.45, 2.75) is 13.0 Å². The molecule has 0 bridgehead atoms. The van der Waals surface area contributed by atoms with Gasteiger partial charge in [0.25, 0.3) is 0 Å². The first kappa shape index (κ1) is 19.8. The van der Waals surface area contributed by atoms with Gasteiger partial charge in [-0.2, -0.15) is 0 Å². The molecule has 0 radical (unpaired) electrons. The third kappa shape index (κ3) is 4.47. The smallest absolute Gasteiger partial charge is 0.195 e. The van der Waals surface area contributed by atoms with Crippen molar-refractivity contribution in [2.75, 3.05) is 6.54 Å². The lowest BCUT2D eigenvalue weighted by Gasteiger charge is -2.10. The first-order chi connectivity index (χ1) is 13.3. The van der Waals surface area contributed by atoms with Crippen molar-refractivity contribution in [1.82, 2.24) is 4.98 Å². The Morgan fingerprint density at radius 2 is 1.57 bits per heavy atom. The lowest BCUT2D eigenvalue weighted by atomic mass is 10.1. The number of benzene rings is 3. The van der Waals surface area contributed by atoms with Crippen molar-refractivity contribution in [3.63, 3.8) is 0 Å². The molecule has 0 unspecified atom stereocenters. The van der Waals surface area contributed by atoms with E-state index in [1.54, 1.807) is 0 Å². The fourth-order valence-corrected chi connectivity index (χ4v) is 3.17. The monoisotopic (exact) mass is 394 g/mol. The van der Waals surface area contributed by atoms with Crippen LogP contribution in [-0.4, -0.2) is 11.5 Å². The summed E-state index contributed by atoms with van der Waals surface area (Å²) in [5.41, 5.74) is 9.03. The van der Waals surface area contributed by atoms with E-state index in [1.807, 2.05) is 66.7 Å². The van der Waals surface area contributed by atoms with Crippen LogP contribution < -0.4 is 15.2 Å². The van der Waals surface area contributed by atoms with E-state index in [9.17, 15) is 0 Å². The summed E-state index contributed by atoms with van der Waals surface area (Å²) in [5, 5.41) is 1.17. The van der Waals surface area contributed by atoms with Crippen LogP contribution >= 0.6 is 12.4 Å². The number of hydrogen-bond acceptors (Lipinski definition) is 3. The van der Waals surface area contributed by atoms with Crippen LogP contribution in [0.1, 0.15) is 11.1 Å². The van der Waals surface area contributed by atoms with Gasteiger partial charge in [0, 0.05) is 16.5 Å². The lowest BCUT2D eigenvalue weighted by molar-refractivity contribution is 0.293. The van der Waals surface area contributed by atoms with E-state index in [4.69, 9.17) is 15.2 Å². The molecule has 0 saturated carbocycles. The molecule has 5 heteroatoms. The Morgan fingerprint density at radius 1 is 0.821 bits per heavy atom. The molecule has 1 aromatic heterocycles. The van der Waals surface area contributed by atoms with E-state index in [-0.39, 0.29) is 12.4 Å². The van der Waals surface area contributed by atoms with Crippen molar-refractivity contribution in [3.8, 4) is 17.4 Å². The summed E-state index contributed by atoms with van der Waals surface area (Å²) >= 11 is 0. The number of halogens is 1. The fraction of sp³-hybridized carbons (Fsp3) is 0.130. The standard InChI is InChI=1S/C23H22N2O2.ClH/c24-14-13-21-20-11-4-5-12-22(20)25-23(21)26-16-17-7-6-10-19(15-17)27-18-8-2-1-3-9-18;/h1-12,15,25H,13-14,16,24H2;1H. The molecule has 4 aromatic rings. The molecule has 144 valence electrons. The maximum absolute atomic E-state index is 6.10.